The minimum absolute atomic E-state index is 0.337. The van der Waals surface area contributed by atoms with Crippen LogP contribution < -0.4 is 5.73 Å². The number of carbonyl (C=O) groups excluding carboxylic acids is 1. The molecule has 2 saturated carbocycles. The van der Waals surface area contributed by atoms with Gasteiger partial charge in [0.15, 0.2) is 0 Å². The van der Waals surface area contributed by atoms with Crippen molar-refractivity contribution in [2.24, 2.45) is 23.5 Å². The Hall–Kier alpha value is -1.39. The van der Waals surface area contributed by atoms with E-state index in [0.717, 1.165) is 24.4 Å². The summed E-state index contributed by atoms with van der Waals surface area (Å²) in [5, 5.41) is 0. The van der Waals surface area contributed by atoms with Crippen LogP contribution in [0.5, 0.6) is 0 Å². The second-order valence-electron chi connectivity index (χ2n) is 8.36. The van der Waals surface area contributed by atoms with Crippen LogP contribution in [0.2, 0.25) is 0 Å². The highest BCUT2D eigenvalue weighted by molar-refractivity contribution is 5.92. The first-order chi connectivity index (χ1) is 12.5. The Balaban J connectivity index is 1.94. The molecule has 1 amide bonds. The zero-order valence-electron chi connectivity index (χ0n) is 16.5. The SMILES string of the molecule is CCOC1(c2cccc(C(N)=O)c2)C(C)CCCC1CN(C)CC1CC1. The second-order valence-corrected chi connectivity index (χ2v) is 8.36. The van der Waals surface area contributed by atoms with Crippen LogP contribution in [0, 0.1) is 17.8 Å². The third-order valence-electron chi connectivity index (χ3n) is 6.31. The molecule has 0 spiro atoms. The molecule has 1 aromatic rings. The van der Waals surface area contributed by atoms with Gasteiger partial charge in [-0.15, -0.1) is 0 Å². The summed E-state index contributed by atoms with van der Waals surface area (Å²) in [5.41, 5.74) is 6.91. The molecule has 1 aromatic carbocycles. The van der Waals surface area contributed by atoms with Gasteiger partial charge in [-0.3, -0.25) is 4.79 Å². The van der Waals surface area contributed by atoms with Gasteiger partial charge in [0.05, 0.1) is 5.60 Å². The van der Waals surface area contributed by atoms with Crippen molar-refractivity contribution in [2.45, 2.75) is 51.6 Å². The first-order valence-corrected chi connectivity index (χ1v) is 10.2. The van der Waals surface area contributed by atoms with E-state index >= 15 is 0 Å². The van der Waals surface area contributed by atoms with E-state index in [0.29, 0.717) is 24.0 Å². The highest BCUT2D eigenvalue weighted by Crippen LogP contribution is 2.49. The van der Waals surface area contributed by atoms with Gasteiger partial charge in [-0.05, 0) is 69.2 Å². The Kier molecular flexibility index (Phi) is 6.03. The van der Waals surface area contributed by atoms with Crippen LogP contribution in [-0.4, -0.2) is 37.6 Å². The number of hydrogen-bond donors (Lipinski definition) is 1. The van der Waals surface area contributed by atoms with Gasteiger partial charge in [-0.1, -0.05) is 25.5 Å². The minimum Gasteiger partial charge on any atom is -0.370 e. The number of carbonyl (C=O) groups is 1. The second kappa shape index (κ2) is 8.10. The van der Waals surface area contributed by atoms with Crippen molar-refractivity contribution in [3.05, 3.63) is 35.4 Å². The third kappa shape index (κ3) is 3.96. The average Bonchev–Trinajstić information content (AvgIpc) is 3.42. The predicted molar refractivity (Wildman–Crippen MR) is 105 cm³/mol. The van der Waals surface area contributed by atoms with Gasteiger partial charge in [-0.25, -0.2) is 0 Å². The standard InChI is InChI=1S/C22H34N2O2/c1-4-26-22(19-9-6-8-18(13-19)21(23)25)16(2)7-5-10-20(22)15-24(3)14-17-11-12-17/h6,8-9,13,16-17,20H,4-5,7,10-12,14-15H2,1-3H3,(H2,23,25). The number of hydrogen-bond acceptors (Lipinski definition) is 3. The summed E-state index contributed by atoms with van der Waals surface area (Å²) in [6.07, 6.45) is 6.32. The fourth-order valence-corrected chi connectivity index (χ4v) is 4.94. The van der Waals surface area contributed by atoms with E-state index in [4.69, 9.17) is 10.5 Å². The number of amides is 1. The summed E-state index contributed by atoms with van der Waals surface area (Å²) in [6, 6.07) is 7.83. The van der Waals surface area contributed by atoms with E-state index in [-0.39, 0.29) is 11.5 Å². The molecule has 0 radical (unpaired) electrons. The molecule has 3 rings (SSSR count). The van der Waals surface area contributed by atoms with Gasteiger partial charge in [0.2, 0.25) is 5.91 Å². The van der Waals surface area contributed by atoms with Crippen LogP contribution in [0.3, 0.4) is 0 Å². The normalized spacial score (nSPS) is 29.1. The molecule has 0 aliphatic heterocycles. The summed E-state index contributed by atoms with van der Waals surface area (Å²) in [7, 11) is 2.24. The molecule has 26 heavy (non-hydrogen) atoms. The van der Waals surface area contributed by atoms with Crippen LogP contribution in [0.4, 0.5) is 0 Å². The van der Waals surface area contributed by atoms with Crippen molar-refractivity contribution < 1.29 is 9.53 Å². The highest BCUT2D eigenvalue weighted by atomic mass is 16.5. The van der Waals surface area contributed by atoms with E-state index in [9.17, 15) is 4.79 Å². The molecule has 4 nitrogen and oxygen atoms in total. The maximum atomic E-state index is 11.7. The van der Waals surface area contributed by atoms with Crippen molar-refractivity contribution in [3.8, 4) is 0 Å². The lowest BCUT2D eigenvalue weighted by atomic mass is 9.65. The molecule has 0 bridgehead atoms. The number of nitrogens with zero attached hydrogens (tertiary/aromatic N) is 1. The molecule has 0 aromatic heterocycles. The molecule has 0 saturated heterocycles. The zero-order valence-corrected chi connectivity index (χ0v) is 16.5. The minimum atomic E-state index is -0.371. The number of rotatable bonds is 8. The molecule has 3 unspecified atom stereocenters. The number of ether oxygens (including phenoxy) is 1. The van der Waals surface area contributed by atoms with Crippen LogP contribution in [0.1, 0.15) is 61.9 Å². The molecule has 0 heterocycles. The summed E-state index contributed by atoms with van der Waals surface area (Å²) in [5.74, 6) is 1.36. The van der Waals surface area contributed by atoms with E-state index in [2.05, 4.69) is 31.9 Å². The van der Waals surface area contributed by atoms with Crippen molar-refractivity contribution in [3.63, 3.8) is 0 Å². The molecule has 4 heteroatoms. The van der Waals surface area contributed by atoms with Crippen LogP contribution in [0.15, 0.2) is 24.3 Å². The van der Waals surface area contributed by atoms with Crippen molar-refractivity contribution in [2.75, 3.05) is 26.7 Å². The Morgan fingerprint density at radius 3 is 2.69 bits per heavy atom. The smallest absolute Gasteiger partial charge is 0.248 e. The molecular formula is C22H34N2O2. The molecule has 2 aliphatic carbocycles. The fraction of sp³-hybridized carbons (Fsp3) is 0.682. The van der Waals surface area contributed by atoms with Gasteiger partial charge < -0.3 is 15.4 Å². The molecule has 3 atom stereocenters. The molecule has 2 aliphatic rings. The topological polar surface area (TPSA) is 55.6 Å². The van der Waals surface area contributed by atoms with E-state index < -0.39 is 0 Å². The number of benzene rings is 1. The van der Waals surface area contributed by atoms with Gasteiger partial charge in [0.1, 0.15) is 0 Å². The lowest BCUT2D eigenvalue weighted by Gasteiger charge is -2.50. The summed E-state index contributed by atoms with van der Waals surface area (Å²) < 4.78 is 6.56. The van der Waals surface area contributed by atoms with Crippen LogP contribution in [-0.2, 0) is 10.3 Å². The van der Waals surface area contributed by atoms with Gasteiger partial charge in [0, 0.05) is 31.2 Å². The first-order valence-electron chi connectivity index (χ1n) is 10.2. The van der Waals surface area contributed by atoms with Crippen LogP contribution >= 0.6 is 0 Å². The van der Waals surface area contributed by atoms with Crippen molar-refractivity contribution >= 4 is 5.91 Å². The third-order valence-corrected chi connectivity index (χ3v) is 6.31. The molecular weight excluding hydrogens is 324 g/mol. The molecule has 2 N–H and O–H groups in total. The Bertz CT molecular complexity index is 628. The van der Waals surface area contributed by atoms with Gasteiger partial charge in [-0.2, -0.15) is 0 Å². The number of nitrogens with two attached hydrogens (primary N) is 1. The van der Waals surface area contributed by atoms with E-state index in [1.807, 2.05) is 12.1 Å². The van der Waals surface area contributed by atoms with Gasteiger partial charge in [0.25, 0.3) is 0 Å². The molecule has 144 valence electrons. The Labute approximate surface area is 158 Å². The predicted octanol–water partition coefficient (Wildman–Crippen LogP) is 3.80. The molecule has 2 fully saturated rings. The Morgan fingerprint density at radius 1 is 1.27 bits per heavy atom. The zero-order chi connectivity index (χ0) is 18.7. The van der Waals surface area contributed by atoms with Crippen LogP contribution in [0.25, 0.3) is 0 Å². The van der Waals surface area contributed by atoms with Crippen molar-refractivity contribution in [1.82, 2.24) is 4.90 Å². The first kappa shape index (κ1) is 19.4. The number of primary amides is 1. The van der Waals surface area contributed by atoms with Crippen molar-refractivity contribution in [1.29, 1.82) is 0 Å². The van der Waals surface area contributed by atoms with E-state index in [1.54, 1.807) is 6.07 Å². The maximum Gasteiger partial charge on any atom is 0.248 e. The lowest BCUT2D eigenvalue weighted by Crippen LogP contribution is -2.50. The monoisotopic (exact) mass is 358 g/mol. The summed E-state index contributed by atoms with van der Waals surface area (Å²) >= 11 is 0. The maximum absolute atomic E-state index is 11.7. The quantitative estimate of drug-likeness (QED) is 0.769. The van der Waals surface area contributed by atoms with Gasteiger partial charge >= 0.3 is 0 Å². The lowest BCUT2D eigenvalue weighted by molar-refractivity contribution is -0.149. The average molecular weight is 359 g/mol. The largest absolute Gasteiger partial charge is 0.370 e. The fourth-order valence-electron chi connectivity index (χ4n) is 4.94. The highest BCUT2D eigenvalue weighted by Gasteiger charge is 2.48. The Morgan fingerprint density at radius 2 is 2.04 bits per heavy atom. The van der Waals surface area contributed by atoms with E-state index in [1.165, 1.54) is 32.2 Å². The summed E-state index contributed by atoms with van der Waals surface area (Å²) in [6.45, 7) is 7.29. The summed E-state index contributed by atoms with van der Waals surface area (Å²) in [4.78, 5) is 14.2.